The number of carbonyl (C=O) groups is 21. The Balaban J connectivity index is 1.02. The molecule has 17 amide bonds. The highest BCUT2D eigenvalue weighted by atomic mass is 16.6. The lowest BCUT2D eigenvalue weighted by Crippen LogP contribution is -2.61. The molecule has 0 bridgehead atoms. The number of aromatic amines is 1. The summed E-state index contributed by atoms with van der Waals surface area (Å²) in [5.74, 6) is -25.2. The molecule has 0 saturated carbocycles. The molecule has 133 heavy (non-hydrogen) atoms. The van der Waals surface area contributed by atoms with Gasteiger partial charge in [0.15, 0.2) is 11.6 Å². The number of amides is 17. The van der Waals surface area contributed by atoms with E-state index in [0.29, 0.717) is 11.1 Å². The van der Waals surface area contributed by atoms with E-state index in [2.05, 4.69) is 95.0 Å². The van der Waals surface area contributed by atoms with Crippen molar-refractivity contribution in [3.8, 4) is 23.0 Å². The standard InChI is InChI=1S/C83H112N22O28/c1-11-36(4)65(79(128)103-56(31-60(85)109)77(126)101-52(21-24-62(111)112)74(123)95-37(5)66(115)90-33-61(110)98-54(80(129)130)13-12-26-89-82(86)87)105-75(124)53(22-25-63(113)114)99-70(119)41(9)94-68(117)39(7)92-67(116)38(6)93-69(118)40(8)97-76(125)55(28-44-32-88-34-91-44)102-78(127)64(35(2)3)104-71(120)42(10)96-73(122)51(20-23-59(84)108)100-72(121)43-14-17-48-47(27-43)81(131)133-83(48)49-18-15-45(106)29-57(49)132-58-30-46(107)16-19-50(58)83/h14-19,27,29-30,32,34-42,51-56,64-65,106-107H,11-13,20-26,28,31,33H2,1-10H3,(H2,84,108)(H2,85,109)(H,88,91)(H,90,115)(H,92,116)(H,93,118)(H,94,117)(H,95,123)(H,96,122)(H,97,125)(H,98,110)(H,99,119)(H,100,121)(H,101,126)(H,102,127)(H,103,128)(H,104,120)(H,105,124)(H,111,112)(H,113,114)(H,129,130)(H4,86,87,89)/t36-,37-,38-,39-,40-,41-,42-,51-,52-,53-,54-,55-,56-,64-,65-/m0/s1. The maximum absolute atomic E-state index is 14.3. The van der Waals surface area contributed by atoms with E-state index in [9.17, 15) is 126 Å². The van der Waals surface area contributed by atoms with Gasteiger partial charge in [-0.15, -0.1) is 0 Å². The monoisotopic (exact) mass is 1860 g/mol. The van der Waals surface area contributed by atoms with Crippen molar-refractivity contribution < 1.29 is 136 Å². The molecule has 0 saturated heterocycles. The first kappa shape index (κ1) is 106. The molecule has 15 atom stereocenters. The molecule has 0 aliphatic carbocycles. The Morgan fingerprint density at radius 2 is 0.887 bits per heavy atom. The van der Waals surface area contributed by atoms with Crippen molar-refractivity contribution in [3.05, 3.63) is 101 Å². The molecule has 3 heterocycles. The predicted molar refractivity (Wildman–Crippen MR) is 461 cm³/mol. The van der Waals surface area contributed by atoms with E-state index >= 15 is 0 Å². The van der Waals surface area contributed by atoms with Gasteiger partial charge in [-0.25, -0.2) is 14.6 Å². The number of phenols is 2. The fourth-order valence-electron chi connectivity index (χ4n) is 13.5. The van der Waals surface area contributed by atoms with E-state index < -0.39 is 271 Å². The number of aliphatic carboxylic acids is 3. The Bertz CT molecular complexity index is 5030. The normalized spacial score (nSPS) is 15.3. The van der Waals surface area contributed by atoms with Crippen LogP contribution in [0.15, 0.2) is 67.1 Å². The number of esters is 1. The molecule has 0 radical (unpaired) electrons. The van der Waals surface area contributed by atoms with Crippen molar-refractivity contribution in [2.24, 2.45) is 29.0 Å². The Hall–Kier alpha value is -15.6. The van der Waals surface area contributed by atoms with Gasteiger partial charge in [-0.05, 0) is 122 Å². The van der Waals surface area contributed by atoms with Crippen molar-refractivity contribution in [1.29, 1.82) is 5.41 Å². The van der Waals surface area contributed by atoms with Gasteiger partial charge in [0, 0.05) is 72.8 Å². The van der Waals surface area contributed by atoms with Gasteiger partial charge in [-0.3, -0.25) is 96.5 Å². The van der Waals surface area contributed by atoms with Crippen LogP contribution in [0.2, 0.25) is 0 Å². The highest BCUT2D eigenvalue weighted by Crippen LogP contribution is 2.57. The van der Waals surface area contributed by atoms with E-state index in [-0.39, 0.29) is 90.0 Å². The molecule has 4 aromatic rings. The fourth-order valence-corrected chi connectivity index (χ4v) is 13.5. The third kappa shape index (κ3) is 30.8. The molecule has 50 nitrogen and oxygen atoms in total. The topological polar surface area (TPSA) is 801 Å². The maximum atomic E-state index is 14.3. The number of aromatic hydroxyl groups is 2. The van der Waals surface area contributed by atoms with E-state index in [1.807, 2.05) is 0 Å². The van der Waals surface area contributed by atoms with Crippen LogP contribution in [0.5, 0.6) is 23.0 Å². The second-order valence-electron chi connectivity index (χ2n) is 32.0. The van der Waals surface area contributed by atoms with E-state index in [1.54, 1.807) is 20.8 Å². The van der Waals surface area contributed by atoms with Gasteiger partial charge in [0.05, 0.1) is 30.6 Å². The number of H-pyrrole nitrogens is 1. The number of phenolic OH excluding ortho intramolecular Hbond substituents is 2. The number of hydrogen-bond acceptors (Lipinski definition) is 27. The molecular weight excluding hydrogens is 1750 g/mol. The molecule has 2 aliphatic heterocycles. The minimum atomic E-state index is -1.97. The number of benzene rings is 3. The number of ether oxygens (including phenoxy) is 2. The highest BCUT2D eigenvalue weighted by molar-refractivity contribution is 6.05. The first-order chi connectivity index (χ1) is 62.4. The molecule has 0 fully saturated rings. The summed E-state index contributed by atoms with van der Waals surface area (Å²) < 4.78 is 12.1. The van der Waals surface area contributed by atoms with Gasteiger partial charge in [-0.2, -0.15) is 0 Å². The number of imidazole rings is 1. The smallest absolute Gasteiger partial charge is 0.340 e. The second kappa shape index (κ2) is 48.7. The summed E-state index contributed by atoms with van der Waals surface area (Å²) in [6.07, 6.45) is -2.16. The minimum Gasteiger partial charge on any atom is -0.508 e. The van der Waals surface area contributed by atoms with Gasteiger partial charge < -0.3 is 142 Å². The Morgan fingerprint density at radius 1 is 0.459 bits per heavy atom. The number of hydrogen-bond donors (Lipinski definition) is 26. The van der Waals surface area contributed by atoms with Gasteiger partial charge in [0.2, 0.25) is 94.5 Å². The summed E-state index contributed by atoms with van der Waals surface area (Å²) in [6, 6.07) is -9.93. The number of carboxylic acids is 3. The lowest BCUT2D eigenvalue weighted by molar-refractivity contribution is -0.142. The van der Waals surface area contributed by atoms with Gasteiger partial charge in [-0.1, -0.05) is 40.2 Å². The zero-order valence-electron chi connectivity index (χ0n) is 74.1. The SMILES string of the molecule is CC[C@H](C)[C@H](NC(=O)[C@H](CCC(=O)O)NC(=O)[C@H](C)NC(=O)[C@H](C)NC(=O)[C@H](C)NC(=O)[C@H](C)NC(=O)[C@H](Cc1c[nH]cn1)NC(=O)[C@@H](NC(=O)[C@H](C)NC(=O)[C@H](CCC(N)=O)NC(=O)c1ccc2c(c1)C(=O)OC21c2ccc(O)cc2Oc2cc(O)ccc21)C(C)C)C(=O)N[C@@H](CC(N)=O)C(=O)N[C@@H](CCC(=O)O)C(=O)N[C@@H](C)C(=O)NCC(=O)N[C@@H](CCCNC(=N)N)C(=O)O. The van der Waals surface area contributed by atoms with Crippen LogP contribution in [0.1, 0.15) is 177 Å². The van der Waals surface area contributed by atoms with Gasteiger partial charge in [0.1, 0.15) is 108 Å². The average molecular weight is 1870 g/mol. The molecule has 0 unspecified atom stereocenters. The van der Waals surface area contributed by atoms with Crippen molar-refractivity contribution in [1.82, 2.24) is 95.0 Å². The van der Waals surface area contributed by atoms with E-state index in [4.69, 9.17) is 32.1 Å². The lowest BCUT2D eigenvalue weighted by Gasteiger charge is -2.36. The predicted octanol–water partition coefficient (Wildman–Crippen LogP) is -5.81. The molecule has 1 spiro atoms. The number of primary amides is 2. The Morgan fingerprint density at radius 3 is 1.36 bits per heavy atom. The molecule has 29 N–H and O–H groups in total. The number of aromatic nitrogens is 2. The fraction of sp³-hybridized carbons (Fsp3) is 0.482. The van der Waals surface area contributed by atoms with Crippen LogP contribution in [0.4, 0.5) is 0 Å². The zero-order chi connectivity index (χ0) is 99.3. The largest absolute Gasteiger partial charge is 0.508 e. The number of fused-ring (bicyclic) bond motifs is 6. The zero-order valence-corrected chi connectivity index (χ0v) is 74.1. The lowest BCUT2D eigenvalue weighted by atomic mass is 9.77. The van der Waals surface area contributed by atoms with E-state index in [0.717, 1.165) is 13.8 Å². The van der Waals surface area contributed by atoms with Crippen molar-refractivity contribution in [2.45, 2.75) is 230 Å². The molecular formula is C83H112N22O28. The van der Waals surface area contributed by atoms with Gasteiger partial charge >= 0.3 is 23.9 Å². The van der Waals surface area contributed by atoms with Crippen LogP contribution in [0.25, 0.3) is 0 Å². The summed E-state index contributed by atoms with van der Waals surface area (Å²) in [4.78, 5) is 287. The number of nitrogens with zero attached hydrogens (tertiary/aromatic N) is 1. The Kier molecular flexibility index (Phi) is 38.9. The maximum Gasteiger partial charge on any atom is 0.340 e. The molecule has 722 valence electrons. The van der Waals surface area contributed by atoms with Crippen LogP contribution >= 0.6 is 0 Å². The minimum absolute atomic E-state index is 0.0782. The molecule has 6 rings (SSSR count). The molecule has 50 heteroatoms. The van der Waals surface area contributed by atoms with Crippen LogP contribution in [0.3, 0.4) is 0 Å². The number of rotatable bonds is 51. The number of carboxylic acid groups (broad SMARTS) is 3. The van der Waals surface area contributed by atoms with Crippen LogP contribution < -0.4 is 107 Å². The molecule has 3 aromatic carbocycles. The quantitative estimate of drug-likeness (QED) is 0.00847. The van der Waals surface area contributed by atoms with Crippen LogP contribution in [0, 0.1) is 17.2 Å². The summed E-state index contributed by atoms with van der Waals surface area (Å²) in [5.41, 5.74) is 15.3. The number of nitrogens with two attached hydrogens (primary N) is 3. The average Bonchev–Trinajstić information content (AvgIpc) is 1.56. The molecule has 1 aromatic heterocycles. The van der Waals surface area contributed by atoms with Crippen LogP contribution in [-0.4, -0.2) is 263 Å². The number of carbonyl (C=O) groups excluding carboxylic acids is 18. The number of guanidine groups is 1. The van der Waals surface area contributed by atoms with Gasteiger partial charge in [0.25, 0.3) is 5.91 Å². The summed E-state index contributed by atoms with van der Waals surface area (Å²) in [6.45, 7) is 12.5. The summed E-state index contributed by atoms with van der Waals surface area (Å²) >= 11 is 0. The second-order valence-corrected chi connectivity index (χ2v) is 32.0. The first-order valence-electron chi connectivity index (χ1n) is 42.0. The van der Waals surface area contributed by atoms with E-state index in [1.165, 1.54) is 102 Å². The third-order valence-electron chi connectivity index (χ3n) is 21.1. The number of nitrogens with one attached hydrogen (secondary N) is 18. The first-order valence-corrected chi connectivity index (χ1v) is 42.0. The highest BCUT2D eigenvalue weighted by Gasteiger charge is 2.54. The van der Waals surface area contributed by atoms with Crippen molar-refractivity contribution in [3.63, 3.8) is 0 Å². The Labute approximate surface area is 759 Å². The van der Waals surface area contributed by atoms with Crippen molar-refractivity contribution in [2.75, 3.05) is 13.1 Å². The third-order valence-corrected chi connectivity index (χ3v) is 21.1. The summed E-state index contributed by atoms with van der Waals surface area (Å²) in [5, 5.41) is 94.4. The molecule has 2 aliphatic rings. The summed E-state index contributed by atoms with van der Waals surface area (Å²) in [7, 11) is 0. The van der Waals surface area contributed by atoms with Crippen molar-refractivity contribution >= 4 is 130 Å². The van der Waals surface area contributed by atoms with Crippen LogP contribution in [-0.2, 0) is 108 Å².